The Morgan fingerprint density at radius 1 is 1.75 bits per heavy atom. The number of hydrogen-bond donors (Lipinski definition) is 1. The lowest BCUT2D eigenvalue weighted by molar-refractivity contribution is -0.142. The van der Waals surface area contributed by atoms with Gasteiger partial charge < -0.3 is 5.11 Å². The van der Waals surface area contributed by atoms with Gasteiger partial charge in [0.05, 0.1) is 6.04 Å². The molecule has 1 N–H and O–H groups in total. The number of β-lactam (4-membered cyclic amide) rings is 1. The molecule has 1 unspecified atom stereocenters. The zero-order valence-corrected chi connectivity index (χ0v) is 7.28. The average Bonchev–Trinajstić information content (AvgIpc) is 1.82. The molecule has 1 heterocycles. The summed E-state index contributed by atoms with van der Waals surface area (Å²) in [5.41, 5.74) is 0. The minimum atomic E-state index is -1.11. The largest absolute Gasteiger partial charge is 0.465 e. The molecule has 2 amide bonds. The van der Waals surface area contributed by atoms with E-state index in [4.69, 9.17) is 5.11 Å². The lowest BCUT2D eigenvalue weighted by Crippen LogP contribution is -2.55. The predicted octanol–water partition coefficient (Wildman–Crippen LogP) is 1.31. The summed E-state index contributed by atoms with van der Waals surface area (Å²) >= 11 is 0. The molecule has 0 aliphatic carbocycles. The number of carbonyl (C=O) groups is 2. The molecule has 0 aromatic rings. The highest BCUT2D eigenvalue weighted by molar-refractivity contribution is 5.96. The van der Waals surface area contributed by atoms with Crippen LogP contribution in [0.5, 0.6) is 0 Å². The Morgan fingerprint density at radius 2 is 2.33 bits per heavy atom. The summed E-state index contributed by atoms with van der Waals surface area (Å²) in [5, 5.41) is 8.59. The van der Waals surface area contributed by atoms with Gasteiger partial charge in [0.2, 0.25) is 5.91 Å². The van der Waals surface area contributed by atoms with Crippen LogP contribution in [0.15, 0.2) is 0 Å². The van der Waals surface area contributed by atoms with Crippen molar-refractivity contribution in [1.82, 2.24) is 4.90 Å². The number of rotatable bonds is 2. The third kappa shape index (κ3) is 1.57. The van der Waals surface area contributed by atoms with Gasteiger partial charge >= 0.3 is 6.09 Å². The Kier molecular flexibility index (Phi) is 2.35. The fraction of sp³-hybridized carbons (Fsp3) is 0.750. The van der Waals surface area contributed by atoms with Crippen LogP contribution in [0.4, 0.5) is 4.79 Å². The first-order valence-corrected chi connectivity index (χ1v) is 4.07. The van der Waals surface area contributed by atoms with E-state index in [9.17, 15) is 9.59 Å². The van der Waals surface area contributed by atoms with Crippen LogP contribution in [0.25, 0.3) is 0 Å². The van der Waals surface area contributed by atoms with Crippen molar-refractivity contribution in [2.75, 3.05) is 0 Å². The molecule has 1 fully saturated rings. The molecule has 68 valence electrons. The smallest absolute Gasteiger partial charge is 0.414 e. The lowest BCUT2D eigenvalue weighted by Gasteiger charge is -2.37. The number of likely N-dealkylation sites (tertiary alicyclic amines) is 1. The molecule has 1 atom stereocenters. The number of nitrogens with zero attached hydrogens (tertiary/aromatic N) is 1. The van der Waals surface area contributed by atoms with Crippen molar-refractivity contribution in [3.63, 3.8) is 0 Å². The first-order valence-electron chi connectivity index (χ1n) is 4.07. The van der Waals surface area contributed by atoms with Crippen LogP contribution in [-0.4, -0.2) is 28.0 Å². The number of amides is 2. The predicted molar refractivity (Wildman–Crippen MR) is 42.7 cm³/mol. The highest BCUT2D eigenvalue weighted by Gasteiger charge is 2.40. The molecular weight excluding hydrogens is 158 g/mol. The molecule has 1 aliphatic heterocycles. The zero-order chi connectivity index (χ0) is 9.30. The quantitative estimate of drug-likeness (QED) is 0.637. The zero-order valence-electron chi connectivity index (χ0n) is 7.28. The summed E-state index contributed by atoms with van der Waals surface area (Å²) in [6.07, 6.45) is 0.0552. The summed E-state index contributed by atoms with van der Waals surface area (Å²) in [7, 11) is 0. The molecule has 4 nitrogen and oxygen atoms in total. The summed E-state index contributed by atoms with van der Waals surface area (Å²) < 4.78 is 0. The Hall–Kier alpha value is -1.06. The first-order chi connectivity index (χ1) is 5.52. The molecule has 0 aromatic heterocycles. The Bertz CT molecular complexity index is 204. The Morgan fingerprint density at radius 3 is 2.67 bits per heavy atom. The summed E-state index contributed by atoms with van der Waals surface area (Å²) in [6.45, 7) is 4.03. The molecule has 4 heteroatoms. The van der Waals surface area contributed by atoms with Gasteiger partial charge in [-0.1, -0.05) is 13.8 Å². The molecule has 12 heavy (non-hydrogen) atoms. The van der Waals surface area contributed by atoms with E-state index < -0.39 is 6.09 Å². The van der Waals surface area contributed by atoms with Crippen molar-refractivity contribution in [1.29, 1.82) is 0 Å². The van der Waals surface area contributed by atoms with Gasteiger partial charge in [0.25, 0.3) is 0 Å². The van der Waals surface area contributed by atoms with E-state index in [1.54, 1.807) is 0 Å². The number of carboxylic acid groups (broad SMARTS) is 1. The van der Waals surface area contributed by atoms with E-state index in [0.717, 1.165) is 11.3 Å². The normalized spacial score (nSPS) is 22.8. The van der Waals surface area contributed by atoms with E-state index in [1.807, 2.05) is 13.8 Å². The second-order valence-corrected chi connectivity index (χ2v) is 3.53. The lowest BCUT2D eigenvalue weighted by atomic mass is 9.93. The van der Waals surface area contributed by atoms with Crippen LogP contribution >= 0.6 is 0 Å². The Labute approximate surface area is 71.2 Å². The van der Waals surface area contributed by atoms with Crippen LogP contribution < -0.4 is 0 Å². The van der Waals surface area contributed by atoms with E-state index in [-0.39, 0.29) is 11.9 Å². The molecule has 0 bridgehead atoms. The highest BCUT2D eigenvalue weighted by Crippen LogP contribution is 2.25. The van der Waals surface area contributed by atoms with Gasteiger partial charge in [0, 0.05) is 6.42 Å². The van der Waals surface area contributed by atoms with E-state index in [0.29, 0.717) is 12.3 Å². The van der Waals surface area contributed by atoms with Gasteiger partial charge in [0.1, 0.15) is 0 Å². The van der Waals surface area contributed by atoms with Crippen molar-refractivity contribution in [3.8, 4) is 0 Å². The maximum absolute atomic E-state index is 10.8. The molecule has 0 spiro atoms. The van der Waals surface area contributed by atoms with Crippen molar-refractivity contribution < 1.29 is 14.7 Å². The minimum absolute atomic E-state index is 0.0741. The van der Waals surface area contributed by atoms with Gasteiger partial charge in [-0.05, 0) is 12.3 Å². The maximum atomic E-state index is 10.8. The van der Waals surface area contributed by atoms with Crippen molar-refractivity contribution in [3.05, 3.63) is 0 Å². The second-order valence-electron chi connectivity index (χ2n) is 3.53. The Balaban J connectivity index is 2.49. The van der Waals surface area contributed by atoms with Crippen LogP contribution in [0.1, 0.15) is 26.7 Å². The van der Waals surface area contributed by atoms with E-state index in [2.05, 4.69) is 0 Å². The molecule has 1 saturated heterocycles. The SMILES string of the molecule is CC(C)CC1CC(=O)N1C(=O)O. The molecule has 0 radical (unpaired) electrons. The fourth-order valence-corrected chi connectivity index (χ4v) is 1.48. The summed E-state index contributed by atoms with van der Waals surface area (Å²) in [4.78, 5) is 22.2. The van der Waals surface area contributed by atoms with Gasteiger partial charge in [0.15, 0.2) is 0 Å². The third-order valence-corrected chi connectivity index (χ3v) is 1.99. The topological polar surface area (TPSA) is 57.6 Å². The van der Waals surface area contributed by atoms with Crippen LogP contribution in [-0.2, 0) is 4.79 Å². The summed E-state index contributed by atoms with van der Waals surface area (Å²) in [6, 6.07) is -0.0741. The van der Waals surface area contributed by atoms with E-state index in [1.165, 1.54) is 0 Å². The monoisotopic (exact) mass is 171 g/mol. The molecule has 1 aliphatic rings. The van der Waals surface area contributed by atoms with Gasteiger partial charge in [-0.25, -0.2) is 9.69 Å². The highest BCUT2D eigenvalue weighted by atomic mass is 16.4. The van der Waals surface area contributed by atoms with Crippen LogP contribution in [0, 0.1) is 5.92 Å². The minimum Gasteiger partial charge on any atom is -0.465 e. The van der Waals surface area contributed by atoms with Crippen molar-refractivity contribution >= 4 is 12.0 Å². The molecule has 1 rings (SSSR count). The van der Waals surface area contributed by atoms with E-state index >= 15 is 0 Å². The first kappa shape index (κ1) is 9.03. The molecular formula is C8H13NO3. The van der Waals surface area contributed by atoms with Gasteiger partial charge in [-0.2, -0.15) is 0 Å². The number of carbonyl (C=O) groups excluding carboxylic acids is 1. The summed E-state index contributed by atoms with van der Waals surface area (Å²) in [5.74, 6) is 0.165. The number of imide groups is 1. The second kappa shape index (κ2) is 3.13. The maximum Gasteiger partial charge on any atom is 0.414 e. The van der Waals surface area contributed by atoms with Crippen LogP contribution in [0.3, 0.4) is 0 Å². The van der Waals surface area contributed by atoms with Crippen molar-refractivity contribution in [2.45, 2.75) is 32.7 Å². The van der Waals surface area contributed by atoms with Crippen molar-refractivity contribution in [2.24, 2.45) is 5.92 Å². The van der Waals surface area contributed by atoms with Gasteiger partial charge in [-0.3, -0.25) is 4.79 Å². The molecule has 0 aromatic carbocycles. The fourth-order valence-electron chi connectivity index (χ4n) is 1.48. The third-order valence-electron chi connectivity index (χ3n) is 1.99. The van der Waals surface area contributed by atoms with Crippen LogP contribution in [0.2, 0.25) is 0 Å². The van der Waals surface area contributed by atoms with Gasteiger partial charge in [-0.15, -0.1) is 0 Å². The molecule has 0 saturated carbocycles. The standard InChI is InChI=1S/C8H13NO3/c1-5(2)3-6-4-7(10)9(6)8(11)12/h5-6H,3-4H2,1-2H3,(H,11,12). The average molecular weight is 171 g/mol. The number of hydrogen-bond acceptors (Lipinski definition) is 2.